The average molecular weight is 202 g/mol. The molecule has 0 aromatic rings. The van der Waals surface area contributed by atoms with Crippen molar-refractivity contribution in [1.29, 1.82) is 0 Å². The van der Waals surface area contributed by atoms with Crippen LogP contribution in [0, 0.1) is 11.3 Å². The fraction of sp³-hybridized carbons (Fsp3) is 1.00. The second-order valence-electron chi connectivity index (χ2n) is 5.08. The van der Waals surface area contributed by atoms with Crippen molar-refractivity contribution in [2.45, 2.75) is 39.9 Å². The monoisotopic (exact) mass is 202 g/mol. The molecule has 3 nitrogen and oxygen atoms in total. The molecule has 0 saturated carbocycles. The maximum atomic E-state index is 8.87. The normalized spacial score (nSPS) is 24.9. The average Bonchev–Trinajstić information content (AvgIpc) is 2.16. The van der Waals surface area contributed by atoms with Crippen molar-refractivity contribution in [1.82, 2.24) is 0 Å². The van der Waals surface area contributed by atoms with Gasteiger partial charge in [0, 0.05) is 12.0 Å². The summed E-state index contributed by atoms with van der Waals surface area (Å²) in [6.07, 6.45) is 1.79. The Kier molecular flexibility index (Phi) is 4.35. The molecule has 0 spiro atoms. The van der Waals surface area contributed by atoms with Crippen LogP contribution in [0.3, 0.4) is 0 Å². The molecular formula is C11H22O3. The third kappa shape index (κ3) is 3.95. The quantitative estimate of drug-likeness (QED) is 0.755. The standard InChI is InChI=1S/C11H22O3/c1-9(6-12)4-5-10-13-7-11(2,3)8-14-10/h9-10,12H,4-8H2,1-3H3/t9-/m0/s1. The largest absolute Gasteiger partial charge is 0.396 e. The van der Waals surface area contributed by atoms with Gasteiger partial charge in [-0.25, -0.2) is 0 Å². The fourth-order valence-corrected chi connectivity index (χ4v) is 1.41. The fourth-order valence-electron chi connectivity index (χ4n) is 1.41. The minimum Gasteiger partial charge on any atom is -0.396 e. The van der Waals surface area contributed by atoms with Gasteiger partial charge in [-0.2, -0.15) is 0 Å². The molecule has 1 fully saturated rings. The van der Waals surface area contributed by atoms with Gasteiger partial charge in [-0.05, 0) is 18.8 Å². The van der Waals surface area contributed by atoms with Crippen LogP contribution in [-0.2, 0) is 9.47 Å². The van der Waals surface area contributed by atoms with E-state index in [0.29, 0.717) is 5.92 Å². The molecule has 0 amide bonds. The second-order valence-corrected chi connectivity index (χ2v) is 5.08. The molecule has 1 atom stereocenters. The van der Waals surface area contributed by atoms with Crippen LogP contribution in [0.5, 0.6) is 0 Å². The van der Waals surface area contributed by atoms with Crippen molar-refractivity contribution in [3.05, 3.63) is 0 Å². The molecule has 0 radical (unpaired) electrons. The summed E-state index contributed by atoms with van der Waals surface area (Å²) in [5.41, 5.74) is 0.152. The topological polar surface area (TPSA) is 38.7 Å². The minimum atomic E-state index is -0.0583. The summed E-state index contributed by atoms with van der Waals surface area (Å²) in [4.78, 5) is 0. The lowest BCUT2D eigenvalue weighted by Gasteiger charge is -2.34. The van der Waals surface area contributed by atoms with Gasteiger partial charge in [0.2, 0.25) is 0 Å². The van der Waals surface area contributed by atoms with E-state index < -0.39 is 0 Å². The van der Waals surface area contributed by atoms with Crippen LogP contribution < -0.4 is 0 Å². The van der Waals surface area contributed by atoms with Gasteiger partial charge in [0.05, 0.1) is 13.2 Å². The van der Waals surface area contributed by atoms with Gasteiger partial charge >= 0.3 is 0 Å². The van der Waals surface area contributed by atoms with E-state index in [4.69, 9.17) is 14.6 Å². The highest BCUT2D eigenvalue weighted by atomic mass is 16.7. The van der Waals surface area contributed by atoms with Gasteiger partial charge in [0.1, 0.15) is 0 Å². The first-order valence-electron chi connectivity index (χ1n) is 5.37. The highest BCUT2D eigenvalue weighted by Crippen LogP contribution is 2.25. The van der Waals surface area contributed by atoms with Crippen molar-refractivity contribution in [2.75, 3.05) is 19.8 Å². The Hall–Kier alpha value is -0.120. The van der Waals surface area contributed by atoms with E-state index in [1.54, 1.807) is 0 Å². The summed E-state index contributed by atoms with van der Waals surface area (Å²) in [6.45, 7) is 8.10. The van der Waals surface area contributed by atoms with E-state index in [-0.39, 0.29) is 18.3 Å². The molecule has 0 unspecified atom stereocenters. The second kappa shape index (κ2) is 5.10. The molecule has 0 aliphatic carbocycles. The predicted molar refractivity (Wildman–Crippen MR) is 55.0 cm³/mol. The van der Waals surface area contributed by atoms with Crippen LogP contribution in [-0.4, -0.2) is 31.2 Å². The Morgan fingerprint density at radius 1 is 1.36 bits per heavy atom. The molecule has 14 heavy (non-hydrogen) atoms. The van der Waals surface area contributed by atoms with Crippen LogP contribution >= 0.6 is 0 Å². The van der Waals surface area contributed by atoms with Gasteiger partial charge in [-0.15, -0.1) is 0 Å². The first-order valence-corrected chi connectivity index (χ1v) is 5.37. The first kappa shape index (κ1) is 12.0. The molecule has 1 aliphatic heterocycles. The Labute approximate surface area is 86.4 Å². The van der Waals surface area contributed by atoms with E-state index in [9.17, 15) is 0 Å². The van der Waals surface area contributed by atoms with Crippen LogP contribution in [0.25, 0.3) is 0 Å². The van der Waals surface area contributed by atoms with Gasteiger partial charge in [0.15, 0.2) is 6.29 Å². The summed E-state index contributed by atoms with van der Waals surface area (Å²) in [5.74, 6) is 0.345. The summed E-state index contributed by atoms with van der Waals surface area (Å²) in [7, 11) is 0. The summed E-state index contributed by atoms with van der Waals surface area (Å²) in [5, 5.41) is 8.87. The van der Waals surface area contributed by atoms with Crippen molar-refractivity contribution in [2.24, 2.45) is 11.3 Å². The summed E-state index contributed by atoms with van der Waals surface area (Å²) >= 11 is 0. The number of ether oxygens (including phenoxy) is 2. The van der Waals surface area contributed by atoms with Gasteiger partial charge < -0.3 is 14.6 Å². The van der Waals surface area contributed by atoms with Crippen LogP contribution in [0.1, 0.15) is 33.6 Å². The lowest BCUT2D eigenvalue weighted by atomic mass is 9.95. The Morgan fingerprint density at radius 2 is 1.93 bits per heavy atom. The summed E-state index contributed by atoms with van der Waals surface area (Å²) in [6, 6.07) is 0. The van der Waals surface area contributed by atoms with Gasteiger partial charge in [-0.3, -0.25) is 0 Å². The van der Waals surface area contributed by atoms with E-state index in [2.05, 4.69) is 13.8 Å². The van der Waals surface area contributed by atoms with Crippen LogP contribution in [0.4, 0.5) is 0 Å². The van der Waals surface area contributed by atoms with E-state index in [0.717, 1.165) is 26.1 Å². The number of hydrogen-bond donors (Lipinski definition) is 1. The Balaban J connectivity index is 2.16. The van der Waals surface area contributed by atoms with E-state index in [1.165, 1.54) is 0 Å². The van der Waals surface area contributed by atoms with Crippen molar-refractivity contribution in [3.8, 4) is 0 Å². The minimum absolute atomic E-state index is 0.0583. The zero-order valence-corrected chi connectivity index (χ0v) is 9.45. The first-order chi connectivity index (χ1) is 6.53. The predicted octanol–water partition coefficient (Wildman–Crippen LogP) is 1.79. The highest BCUT2D eigenvalue weighted by Gasteiger charge is 2.28. The maximum Gasteiger partial charge on any atom is 0.157 e. The molecule has 84 valence electrons. The van der Waals surface area contributed by atoms with Crippen molar-refractivity contribution < 1.29 is 14.6 Å². The van der Waals surface area contributed by atoms with E-state index >= 15 is 0 Å². The van der Waals surface area contributed by atoms with Crippen LogP contribution in [0.15, 0.2) is 0 Å². The molecule has 1 heterocycles. The zero-order valence-electron chi connectivity index (χ0n) is 9.45. The molecule has 1 aliphatic rings. The molecule has 0 aromatic heterocycles. The number of aliphatic hydroxyl groups is 1. The zero-order chi connectivity index (χ0) is 10.6. The molecular weight excluding hydrogens is 180 g/mol. The molecule has 3 heteroatoms. The number of hydrogen-bond acceptors (Lipinski definition) is 3. The molecule has 1 saturated heterocycles. The molecule has 1 rings (SSSR count). The lowest BCUT2D eigenvalue weighted by molar-refractivity contribution is -0.224. The number of rotatable bonds is 4. The highest BCUT2D eigenvalue weighted by molar-refractivity contribution is 4.71. The van der Waals surface area contributed by atoms with Gasteiger partial charge in [0.25, 0.3) is 0 Å². The maximum absolute atomic E-state index is 8.87. The van der Waals surface area contributed by atoms with E-state index in [1.807, 2.05) is 6.92 Å². The molecule has 1 N–H and O–H groups in total. The SMILES string of the molecule is C[C@H](CO)CCC1OCC(C)(C)CO1. The Morgan fingerprint density at radius 3 is 2.43 bits per heavy atom. The number of aliphatic hydroxyl groups excluding tert-OH is 1. The van der Waals surface area contributed by atoms with Gasteiger partial charge in [-0.1, -0.05) is 20.8 Å². The van der Waals surface area contributed by atoms with Crippen molar-refractivity contribution in [3.63, 3.8) is 0 Å². The third-order valence-electron chi connectivity index (χ3n) is 2.53. The lowest BCUT2D eigenvalue weighted by Crippen LogP contribution is -2.37. The third-order valence-corrected chi connectivity index (χ3v) is 2.53. The van der Waals surface area contributed by atoms with Crippen LogP contribution in [0.2, 0.25) is 0 Å². The van der Waals surface area contributed by atoms with Crippen molar-refractivity contribution >= 4 is 0 Å². The molecule has 0 bridgehead atoms. The smallest absolute Gasteiger partial charge is 0.157 e. The summed E-state index contributed by atoms with van der Waals surface area (Å²) < 4.78 is 11.2. The molecule has 0 aromatic carbocycles. The Bertz CT molecular complexity index is 158.